The number of ketones is 2. The Morgan fingerprint density at radius 3 is 2.18 bits per heavy atom. The number of carbonyl (C=O) groups excluding carboxylic acids is 3. The molecule has 0 unspecified atom stereocenters. The normalized spacial score (nSPS) is 14.8. The SMILES string of the molecule is N#Cc1ccc(S(=O)(=O)N2CCC(CC(=O)Nc3ccc4cc3CCc3cncc(c3)Nc3ncc(Cl)c(n3)N4)CC2)cc1.O=C(C(=O)C(F)(F)F)C(F)(F)F. The van der Waals surface area contributed by atoms with Gasteiger partial charge in [0.1, 0.15) is 5.02 Å². The summed E-state index contributed by atoms with van der Waals surface area (Å²) in [7, 11) is -3.66. The molecule has 4 aromatic rings. The Morgan fingerprint density at radius 2 is 1.55 bits per heavy atom. The summed E-state index contributed by atoms with van der Waals surface area (Å²) in [6.45, 7) is 0.669. The molecule has 1 saturated heterocycles. The fraction of sp³-hybridized carbons (Fsp3) is 0.286. The number of piperidine rings is 1. The lowest BCUT2D eigenvalue weighted by molar-refractivity contribution is -0.193. The summed E-state index contributed by atoms with van der Waals surface area (Å²) >= 11 is 6.37. The highest BCUT2D eigenvalue weighted by atomic mass is 35.5. The molecule has 294 valence electrons. The van der Waals surface area contributed by atoms with Crippen molar-refractivity contribution < 1.29 is 49.1 Å². The third-order valence-corrected chi connectivity index (χ3v) is 10.7. The summed E-state index contributed by atoms with van der Waals surface area (Å²) in [4.78, 5) is 45.7. The molecule has 21 heteroatoms. The standard InChI is InChI=1S/C31H29ClN8O3S.C4F6O2/c32-27-19-35-31-37-25-13-22(17-34-18-25)1-4-23-15-24(36-30(27)39-31)5-8-28(23)38-29(41)14-20-9-11-40(12-10-20)44(42,43)26-6-2-21(16-33)3-7-26;5-3(6,7)1(11)2(12)4(8,9)10/h2-3,5-8,13,15,17-20H,1,4,9-12,14H2,(H,38,41)(H2,35,36,37,39);. The maximum absolute atomic E-state index is 13.2. The van der Waals surface area contributed by atoms with Gasteiger partial charge in [0.25, 0.3) is 0 Å². The first kappa shape index (κ1) is 41.5. The minimum Gasteiger partial charge on any atom is -0.339 e. The highest BCUT2D eigenvalue weighted by Gasteiger charge is 2.54. The van der Waals surface area contributed by atoms with Crippen LogP contribution in [0.3, 0.4) is 0 Å². The summed E-state index contributed by atoms with van der Waals surface area (Å²) in [5.74, 6) is -6.04. The second kappa shape index (κ2) is 17.0. The van der Waals surface area contributed by atoms with E-state index in [2.05, 4.69) is 30.9 Å². The molecule has 0 atom stereocenters. The number of sulfonamides is 1. The molecule has 1 fully saturated rings. The van der Waals surface area contributed by atoms with E-state index in [1.807, 2.05) is 36.5 Å². The molecule has 2 aliphatic rings. The van der Waals surface area contributed by atoms with Crippen LogP contribution in [0.5, 0.6) is 0 Å². The van der Waals surface area contributed by atoms with E-state index in [0.717, 1.165) is 22.5 Å². The lowest BCUT2D eigenvalue weighted by Crippen LogP contribution is -2.39. The number of alkyl halides is 6. The largest absolute Gasteiger partial charge is 0.458 e. The van der Waals surface area contributed by atoms with Gasteiger partial charge in [0, 0.05) is 37.1 Å². The number of aromatic nitrogens is 3. The van der Waals surface area contributed by atoms with Gasteiger partial charge >= 0.3 is 23.9 Å². The second-order valence-corrected chi connectivity index (χ2v) is 14.8. The Hall–Kier alpha value is -5.65. The zero-order valence-electron chi connectivity index (χ0n) is 28.7. The molecule has 56 heavy (non-hydrogen) atoms. The molecule has 3 N–H and O–H groups in total. The number of amides is 1. The molecular weight excluding hydrogens is 794 g/mol. The van der Waals surface area contributed by atoms with Gasteiger partial charge in [-0.3, -0.25) is 19.4 Å². The number of pyridine rings is 1. The van der Waals surface area contributed by atoms with Crippen molar-refractivity contribution in [1.29, 1.82) is 5.26 Å². The average Bonchev–Trinajstić information content (AvgIpc) is 3.15. The number of nitrogens with zero attached hydrogens (tertiary/aromatic N) is 5. The highest BCUT2D eigenvalue weighted by molar-refractivity contribution is 7.89. The van der Waals surface area contributed by atoms with Crippen LogP contribution in [-0.4, -0.2) is 70.6 Å². The Bertz CT molecular complexity index is 2250. The van der Waals surface area contributed by atoms with Gasteiger partial charge in [0.05, 0.1) is 34.6 Å². The molecule has 4 heterocycles. The van der Waals surface area contributed by atoms with Gasteiger partial charge in [-0.15, -0.1) is 0 Å². The number of carbonyl (C=O) groups is 3. The lowest BCUT2D eigenvalue weighted by Gasteiger charge is -2.31. The molecular formula is C35H29ClF6N8O5S. The number of hydrogen-bond donors (Lipinski definition) is 3. The number of Topliss-reactive ketones (excluding diaryl/α,β-unsaturated/α-hetero) is 2. The van der Waals surface area contributed by atoms with Gasteiger partial charge in [-0.2, -0.15) is 40.9 Å². The fourth-order valence-corrected chi connectivity index (χ4v) is 7.29. The van der Waals surface area contributed by atoms with Gasteiger partial charge in [-0.05, 0) is 91.3 Å². The second-order valence-electron chi connectivity index (χ2n) is 12.5. The number of nitriles is 1. The van der Waals surface area contributed by atoms with Gasteiger partial charge in [0.15, 0.2) is 5.82 Å². The Balaban J connectivity index is 0.000000433. The third kappa shape index (κ3) is 10.6. The van der Waals surface area contributed by atoms with E-state index >= 15 is 0 Å². The van der Waals surface area contributed by atoms with Crippen LogP contribution >= 0.6 is 11.6 Å². The van der Waals surface area contributed by atoms with Gasteiger partial charge in [-0.25, -0.2) is 13.4 Å². The smallest absolute Gasteiger partial charge is 0.339 e. The molecule has 13 nitrogen and oxygen atoms in total. The van der Waals surface area contributed by atoms with Gasteiger partial charge in [0.2, 0.25) is 21.9 Å². The van der Waals surface area contributed by atoms with Crippen molar-refractivity contribution >= 4 is 67.9 Å². The molecule has 0 saturated carbocycles. The van der Waals surface area contributed by atoms with Crippen molar-refractivity contribution in [3.05, 3.63) is 88.8 Å². The van der Waals surface area contributed by atoms with Crippen LogP contribution in [0.4, 0.5) is 55.2 Å². The van der Waals surface area contributed by atoms with Crippen LogP contribution in [0.1, 0.15) is 36.0 Å². The Labute approximate surface area is 320 Å². The molecule has 0 aliphatic carbocycles. The van der Waals surface area contributed by atoms with Crippen molar-refractivity contribution in [1.82, 2.24) is 19.3 Å². The predicted octanol–water partition coefficient (Wildman–Crippen LogP) is 6.66. The first-order valence-corrected chi connectivity index (χ1v) is 18.3. The summed E-state index contributed by atoms with van der Waals surface area (Å²) in [6, 6.07) is 15.6. The summed E-state index contributed by atoms with van der Waals surface area (Å²) < 4.78 is 94.6. The number of fused-ring (bicyclic) bond motifs is 6. The van der Waals surface area contributed by atoms with Crippen LogP contribution in [0, 0.1) is 17.2 Å². The van der Waals surface area contributed by atoms with Crippen LogP contribution in [0.25, 0.3) is 0 Å². The van der Waals surface area contributed by atoms with Crippen molar-refractivity contribution in [2.24, 2.45) is 5.92 Å². The van der Waals surface area contributed by atoms with Gasteiger partial charge in [-0.1, -0.05) is 11.6 Å². The quantitative estimate of drug-likeness (QED) is 0.139. The maximum atomic E-state index is 13.2. The van der Waals surface area contributed by atoms with E-state index in [0.29, 0.717) is 73.2 Å². The number of aryl methyl sites for hydroxylation is 2. The van der Waals surface area contributed by atoms with Crippen molar-refractivity contribution in [3.63, 3.8) is 0 Å². The van der Waals surface area contributed by atoms with E-state index in [4.69, 9.17) is 16.9 Å². The number of rotatable bonds is 6. The molecule has 2 aromatic carbocycles. The summed E-state index contributed by atoms with van der Waals surface area (Å²) in [5, 5.41) is 18.9. The minimum atomic E-state index is -5.77. The van der Waals surface area contributed by atoms with E-state index in [-0.39, 0.29) is 16.7 Å². The fourth-order valence-electron chi connectivity index (χ4n) is 5.68. The Kier molecular flexibility index (Phi) is 12.6. The van der Waals surface area contributed by atoms with E-state index < -0.39 is 33.9 Å². The van der Waals surface area contributed by atoms with Crippen molar-refractivity contribution in [2.45, 2.75) is 49.4 Å². The van der Waals surface area contributed by atoms with Crippen molar-refractivity contribution in [3.8, 4) is 6.07 Å². The van der Waals surface area contributed by atoms with Crippen molar-refractivity contribution in [2.75, 3.05) is 29.0 Å². The average molecular weight is 823 g/mol. The lowest BCUT2D eigenvalue weighted by atomic mass is 9.94. The van der Waals surface area contributed by atoms with Crippen LogP contribution in [0.15, 0.2) is 72.0 Å². The molecule has 2 aromatic heterocycles. The maximum Gasteiger partial charge on any atom is 0.458 e. The zero-order valence-corrected chi connectivity index (χ0v) is 30.3. The van der Waals surface area contributed by atoms with Gasteiger partial charge < -0.3 is 16.0 Å². The van der Waals surface area contributed by atoms with E-state index in [1.165, 1.54) is 34.8 Å². The number of benzene rings is 2. The number of hydrogen-bond acceptors (Lipinski definition) is 11. The predicted molar refractivity (Wildman–Crippen MR) is 190 cm³/mol. The molecule has 0 radical (unpaired) electrons. The van der Waals surface area contributed by atoms with Crippen LogP contribution in [-0.2, 0) is 37.2 Å². The molecule has 2 aliphatic heterocycles. The van der Waals surface area contributed by atoms with Crippen LogP contribution in [0.2, 0.25) is 5.02 Å². The highest BCUT2D eigenvalue weighted by Crippen LogP contribution is 2.31. The van der Waals surface area contributed by atoms with E-state index in [9.17, 15) is 49.1 Å². The minimum absolute atomic E-state index is 0.0591. The zero-order chi connectivity index (χ0) is 40.8. The van der Waals surface area contributed by atoms with E-state index in [1.54, 1.807) is 6.20 Å². The summed E-state index contributed by atoms with van der Waals surface area (Å²) in [5.41, 5.74) is 4.60. The third-order valence-electron chi connectivity index (χ3n) is 8.51. The first-order chi connectivity index (χ1) is 26.3. The molecule has 0 spiro atoms. The molecule has 6 rings (SSSR count). The molecule has 6 bridgehead atoms. The summed E-state index contributed by atoms with van der Waals surface area (Å²) in [6.07, 6.45) is -3.70. The topological polar surface area (TPSA) is 187 Å². The number of anilines is 5. The Morgan fingerprint density at radius 1 is 0.893 bits per heavy atom. The first-order valence-electron chi connectivity index (χ1n) is 16.5. The molecule has 1 amide bonds. The monoisotopic (exact) mass is 822 g/mol. The van der Waals surface area contributed by atoms with Crippen LogP contribution < -0.4 is 16.0 Å². The number of halogens is 7. The number of nitrogens with one attached hydrogen (secondary N) is 3.